The maximum Gasteiger partial charge on any atom is 0.317 e. The Bertz CT molecular complexity index is 530. The van der Waals surface area contributed by atoms with E-state index in [1.54, 1.807) is 17.3 Å². The summed E-state index contributed by atoms with van der Waals surface area (Å²) in [5, 5.41) is 2.94. The first-order valence-corrected chi connectivity index (χ1v) is 9.17. The second kappa shape index (κ2) is 10.7. The van der Waals surface area contributed by atoms with Crippen molar-refractivity contribution in [3.05, 3.63) is 30.1 Å². The Balaban J connectivity index is 1.84. The third kappa shape index (κ3) is 7.11. The molecule has 6 nitrogen and oxygen atoms in total. The highest BCUT2D eigenvalue weighted by atomic mass is 16.5. The van der Waals surface area contributed by atoms with Gasteiger partial charge in [-0.1, -0.05) is 32.1 Å². The molecule has 6 heteroatoms. The van der Waals surface area contributed by atoms with Gasteiger partial charge in [-0.25, -0.2) is 4.79 Å². The normalized spacial score (nSPS) is 14.8. The van der Waals surface area contributed by atoms with E-state index in [1.165, 1.54) is 39.2 Å². The summed E-state index contributed by atoms with van der Waals surface area (Å²) < 4.78 is 4.70. The molecule has 25 heavy (non-hydrogen) atoms. The van der Waals surface area contributed by atoms with E-state index in [2.05, 4.69) is 10.3 Å². The predicted octanol–water partition coefficient (Wildman–Crippen LogP) is 3.13. The van der Waals surface area contributed by atoms with Gasteiger partial charge in [0.2, 0.25) is 0 Å². The number of pyridine rings is 1. The van der Waals surface area contributed by atoms with E-state index in [-0.39, 0.29) is 18.4 Å². The Labute approximate surface area is 150 Å². The number of nitrogens with zero attached hydrogens (tertiary/aromatic N) is 2. The van der Waals surface area contributed by atoms with E-state index in [4.69, 9.17) is 4.74 Å². The van der Waals surface area contributed by atoms with Crippen LogP contribution < -0.4 is 5.32 Å². The van der Waals surface area contributed by atoms with E-state index < -0.39 is 0 Å². The lowest BCUT2D eigenvalue weighted by atomic mass is 9.87. The Morgan fingerprint density at radius 3 is 2.60 bits per heavy atom. The molecule has 2 amide bonds. The van der Waals surface area contributed by atoms with Crippen LogP contribution in [0.25, 0.3) is 0 Å². The van der Waals surface area contributed by atoms with Gasteiger partial charge in [0.05, 0.1) is 13.5 Å². The van der Waals surface area contributed by atoms with Crippen LogP contribution in [0.1, 0.15) is 50.5 Å². The van der Waals surface area contributed by atoms with Crippen molar-refractivity contribution >= 4 is 12.0 Å². The Hall–Kier alpha value is -2.11. The van der Waals surface area contributed by atoms with Gasteiger partial charge in [0.1, 0.15) is 0 Å². The highest BCUT2D eigenvalue weighted by Crippen LogP contribution is 2.26. The number of hydrogen-bond acceptors (Lipinski definition) is 4. The molecular weight excluding hydrogens is 318 g/mol. The molecule has 1 aliphatic carbocycles. The number of carbonyl (C=O) groups excluding carboxylic acids is 2. The Kier molecular flexibility index (Phi) is 8.22. The monoisotopic (exact) mass is 347 g/mol. The van der Waals surface area contributed by atoms with Crippen molar-refractivity contribution in [3.63, 3.8) is 0 Å². The van der Waals surface area contributed by atoms with Crippen LogP contribution in [0.5, 0.6) is 0 Å². The fraction of sp³-hybridized carbons (Fsp3) is 0.632. The summed E-state index contributed by atoms with van der Waals surface area (Å²) in [6, 6.07) is 3.62. The minimum absolute atomic E-state index is 0.128. The molecule has 1 heterocycles. The van der Waals surface area contributed by atoms with Gasteiger partial charge in [0, 0.05) is 32.0 Å². The zero-order valence-corrected chi connectivity index (χ0v) is 15.1. The van der Waals surface area contributed by atoms with Gasteiger partial charge in [-0.15, -0.1) is 0 Å². The quantitative estimate of drug-likeness (QED) is 0.734. The first-order chi connectivity index (χ1) is 12.2. The summed E-state index contributed by atoms with van der Waals surface area (Å²) in [7, 11) is 1.37. The molecule has 0 aromatic carbocycles. The molecule has 0 saturated heterocycles. The smallest absolute Gasteiger partial charge is 0.317 e. The van der Waals surface area contributed by atoms with E-state index in [1.807, 2.05) is 12.1 Å². The van der Waals surface area contributed by atoms with E-state index in [0.29, 0.717) is 25.6 Å². The molecule has 0 aliphatic heterocycles. The molecule has 1 N–H and O–H groups in total. The fourth-order valence-corrected chi connectivity index (χ4v) is 3.25. The number of esters is 1. The zero-order valence-electron chi connectivity index (χ0n) is 15.1. The van der Waals surface area contributed by atoms with E-state index >= 15 is 0 Å². The van der Waals surface area contributed by atoms with Crippen molar-refractivity contribution in [1.82, 2.24) is 15.2 Å². The van der Waals surface area contributed by atoms with E-state index in [0.717, 1.165) is 12.0 Å². The summed E-state index contributed by atoms with van der Waals surface area (Å²) in [6.45, 7) is 1.53. The SMILES string of the molecule is COC(=O)CCN(CCC1CCCCC1)C(=O)NCc1ccncc1. The summed E-state index contributed by atoms with van der Waals surface area (Å²) >= 11 is 0. The summed E-state index contributed by atoms with van der Waals surface area (Å²) in [6.07, 6.45) is 11.1. The van der Waals surface area contributed by atoms with Crippen LogP contribution in [0.15, 0.2) is 24.5 Å². The highest BCUT2D eigenvalue weighted by Gasteiger charge is 2.19. The lowest BCUT2D eigenvalue weighted by Crippen LogP contribution is -2.42. The van der Waals surface area contributed by atoms with Crippen molar-refractivity contribution in [2.24, 2.45) is 5.92 Å². The van der Waals surface area contributed by atoms with Crippen molar-refractivity contribution in [2.45, 2.75) is 51.5 Å². The molecule has 1 aromatic heterocycles. The highest BCUT2D eigenvalue weighted by molar-refractivity contribution is 5.75. The molecule has 138 valence electrons. The van der Waals surface area contributed by atoms with Gasteiger partial charge in [-0.3, -0.25) is 9.78 Å². The minimum Gasteiger partial charge on any atom is -0.469 e. The molecule has 1 saturated carbocycles. The molecule has 2 rings (SSSR count). The third-order valence-corrected chi connectivity index (χ3v) is 4.83. The summed E-state index contributed by atoms with van der Waals surface area (Å²) in [4.78, 5) is 29.7. The van der Waals surface area contributed by atoms with Gasteiger partial charge in [-0.05, 0) is 30.0 Å². The van der Waals surface area contributed by atoms with Gasteiger partial charge < -0.3 is 15.0 Å². The summed E-state index contributed by atoms with van der Waals surface area (Å²) in [5.74, 6) is 0.409. The number of urea groups is 1. The average molecular weight is 347 g/mol. The number of carbonyl (C=O) groups is 2. The van der Waals surface area contributed by atoms with Crippen molar-refractivity contribution < 1.29 is 14.3 Å². The number of methoxy groups -OCH3 is 1. The minimum atomic E-state index is -0.287. The maximum absolute atomic E-state index is 12.5. The molecule has 0 atom stereocenters. The number of nitrogens with one attached hydrogen (secondary N) is 1. The molecule has 0 unspecified atom stereocenters. The molecule has 0 spiro atoms. The van der Waals surface area contributed by atoms with Crippen molar-refractivity contribution in [1.29, 1.82) is 0 Å². The van der Waals surface area contributed by atoms with Crippen molar-refractivity contribution in [3.8, 4) is 0 Å². The molecule has 1 aromatic rings. The van der Waals surface area contributed by atoms with Gasteiger partial charge in [0.25, 0.3) is 0 Å². The second-order valence-electron chi connectivity index (χ2n) is 6.62. The number of rotatable bonds is 8. The van der Waals surface area contributed by atoms with Gasteiger partial charge in [0.15, 0.2) is 0 Å². The first kappa shape index (κ1) is 19.2. The molecular formula is C19H29N3O3. The molecule has 1 aliphatic rings. The second-order valence-corrected chi connectivity index (χ2v) is 6.62. The Morgan fingerprint density at radius 2 is 1.92 bits per heavy atom. The number of aromatic nitrogens is 1. The van der Waals surface area contributed by atoms with Crippen LogP contribution in [0, 0.1) is 5.92 Å². The van der Waals surface area contributed by atoms with Crippen LogP contribution in [-0.2, 0) is 16.1 Å². The lowest BCUT2D eigenvalue weighted by Gasteiger charge is -2.27. The topological polar surface area (TPSA) is 71.5 Å². The number of ether oxygens (including phenoxy) is 1. The molecule has 1 fully saturated rings. The number of amides is 2. The Morgan fingerprint density at radius 1 is 1.20 bits per heavy atom. The zero-order chi connectivity index (χ0) is 17.9. The maximum atomic E-state index is 12.5. The van der Waals surface area contributed by atoms with Crippen LogP contribution >= 0.6 is 0 Å². The first-order valence-electron chi connectivity index (χ1n) is 9.17. The third-order valence-electron chi connectivity index (χ3n) is 4.83. The lowest BCUT2D eigenvalue weighted by molar-refractivity contribution is -0.140. The molecule has 0 bridgehead atoms. The van der Waals surface area contributed by atoms with Crippen LogP contribution in [0.4, 0.5) is 4.79 Å². The van der Waals surface area contributed by atoms with E-state index in [9.17, 15) is 9.59 Å². The van der Waals surface area contributed by atoms with Crippen LogP contribution in [-0.4, -0.2) is 42.1 Å². The standard InChI is InChI=1S/C19H29N3O3/c1-25-18(23)10-14-22(13-9-16-5-3-2-4-6-16)19(24)21-15-17-7-11-20-12-8-17/h7-8,11-12,16H,2-6,9-10,13-15H2,1H3,(H,21,24). The van der Waals surface area contributed by atoms with Crippen molar-refractivity contribution in [2.75, 3.05) is 20.2 Å². The predicted molar refractivity (Wildman–Crippen MR) is 95.9 cm³/mol. The molecule has 0 radical (unpaired) electrons. The summed E-state index contributed by atoms with van der Waals surface area (Å²) in [5.41, 5.74) is 1.00. The van der Waals surface area contributed by atoms with Crippen LogP contribution in [0.3, 0.4) is 0 Å². The van der Waals surface area contributed by atoms with Gasteiger partial charge in [-0.2, -0.15) is 0 Å². The van der Waals surface area contributed by atoms with Gasteiger partial charge >= 0.3 is 12.0 Å². The largest absolute Gasteiger partial charge is 0.469 e. The van der Waals surface area contributed by atoms with Crippen LogP contribution in [0.2, 0.25) is 0 Å². The fourth-order valence-electron chi connectivity index (χ4n) is 3.25. The average Bonchev–Trinajstić information content (AvgIpc) is 2.67. The number of hydrogen-bond donors (Lipinski definition) is 1.